The number of rotatable bonds is 2. The maximum atomic E-state index is 4.70. The maximum absolute atomic E-state index is 4.70. The Balaban J connectivity index is 1.91. The van der Waals surface area contributed by atoms with E-state index >= 15 is 0 Å². The minimum atomic E-state index is 0.405. The summed E-state index contributed by atoms with van der Waals surface area (Å²) in [7, 11) is 0. The van der Waals surface area contributed by atoms with E-state index in [1.165, 1.54) is 31.4 Å². The van der Waals surface area contributed by atoms with Crippen molar-refractivity contribution in [2.75, 3.05) is 6.54 Å². The van der Waals surface area contributed by atoms with Crippen molar-refractivity contribution in [3.05, 3.63) is 23.3 Å². The van der Waals surface area contributed by atoms with Gasteiger partial charge in [-0.05, 0) is 45.2 Å². The van der Waals surface area contributed by atoms with Gasteiger partial charge in [-0.15, -0.1) is 0 Å². The topological polar surface area (TPSA) is 37.8 Å². The molecule has 0 bridgehead atoms. The summed E-state index contributed by atoms with van der Waals surface area (Å²) in [5, 5.41) is 3.46. The lowest BCUT2D eigenvalue weighted by atomic mass is 10.2. The Kier molecular flexibility index (Phi) is 2.20. The third-order valence-corrected chi connectivity index (χ3v) is 3.26. The number of nitrogens with zero attached hydrogens (tertiary/aromatic N) is 2. The van der Waals surface area contributed by atoms with E-state index in [9.17, 15) is 0 Å². The molecule has 0 amide bonds. The van der Waals surface area contributed by atoms with E-state index in [0.29, 0.717) is 6.04 Å². The van der Waals surface area contributed by atoms with Crippen molar-refractivity contribution < 1.29 is 0 Å². The molecule has 1 unspecified atom stereocenters. The largest absolute Gasteiger partial charge is 0.307 e. The molecule has 1 saturated carbocycles. The van der Waals surface area contributed by atoms with Gasteiger partial charge in [-0.3, -0.25) is 0 Å². The highest BCUT2D eigenvalue weighted by atomic mass is 15.0. The molecule has 15 heavy (non-hydrogen) atoms. The van der Waals surface area contributed by atoms with Gasteiger partial charge in [-0.2, -0.15) is 0 Å². The average molecular weight is 203 g/mol. The van der Waals surface area contributed by atoms with Crippen molar-refractivity contribution in [1.29, 1.82) is 0 Å². The Hall–Kier alpha value is -0.960. The average Bonchev–Trinajstić information content (AvgIpc) is 2.93. The Morgan fingerprint density at radius 3 is 2.80 bits per heavy atom. The van der Waals surface area contributed by atoms with Crippen molar-refractivity contribution in [2.45, 2.75) is 44.6 Å². The molecule has 1 atom stereocenters. The van der Waals surface area contributed by atoms with E-state index in [0.717, 1.165) is 24.0 Å². The molecule has 2 fully saturated rings. The predicted octanol–water partition coefficient (Wildman–Crippen LogP) is 2.09. The van der Waals surface area contributed by atoms with Crippen LogP contribution >= 0.6 is 0 Å². The fourth-order valence-corrected chi connectivity index (χ4v) is 2.27. The van der Waals surface area contributed by atoms with Crippen LogP contribution in [0.15, 0.2) is 6.07 Å². The molecule has 2 heterocycles. The molecule has 80 valence electrons. The van der Waals surface area contributed by atoms with E-state index in [1.807, 2.05) is 0 Å². The fraction of sp³-hybridized carbons (Fsp3) is 0.667. The van der Waals surface area contributed by atoms with Crippen molar-refractivity contribution in [3.8, 4) is 0 Å². The zero-order chi connectivity index (χ0) is 10.3. The molecular formula is C12H17N3. The molecule has 1 aromatic rings. The lowest BCUT2D eigenvalue weighted by molar-refractivity contribution is 0.597. The van der Waals surface area contributed by atoms with Crippen LogP contribution in [0, 0.1) is 6.92 Å². The van der Waals surface area contributed by atoms with Gasteiger partial charge in [0.15, 0.2) is 0 Å². The van der Waals surface area contributed by atoms with Crippen LogP contribution in [0.4, 0.5) is 0 Å². The molecule has 0 spiro atoms. The molecule has 0 aromatic carbocycles. The second-order valence-electron chi connectivity index (χ2n) is 4.72. The van der Waals surface area contributed by atoms with E-state index in [2.05, 4.69) is 23.3 Å². The zero-order valence-electron chi connectivity index (χ0n) is 9.16. The van der Waals surface area contributed by atoms with Gasteiger partial charge in [0.2, 0.25) is 0 Å². The summed E-state index contributed by atoms with van der Waals surface area (Å²) in [6.07, 6.45) is 5.07. The first-order chi connectivity index (χ1) is 7.33. The lowest BCUT2D eigenvalue weighted by Crippen LogP contribution is -2.17. The van der Waals surface area contributed by atoms with Gasteiger partial charge in [0.25, 0.3) is 0 Å². The molecule has 2 aliphatic rings. The normalized spacial score (nSPS) is 25.8. The molecule has 1 saturated heterocycles. The smallest absolute Gasteiger partial charge is 0.145 e. The molecule has 3 rings (SSSR count). The monoisotopic (exact) mass is 203 g/mol. The van der Waals surface area contributed by atoms with E-state index in [1.54, 1.807) is 0 Å². The van der Waals surface area contributed by atoms with Crippen LogP contribution in [0.3, 0.4) is 0 Å². The molecule has 0 radical (unpaired) electrons. The van der Waals surface area contributed by atoms with Crippen LogP contribution in [-0.4, -0.2) is 16.5 Å². The minimum absolute atomic E-state index is 0.405. The van der Waals surface area contributed by atoms with Gasteiger partial charge in [0.1, 0.15) is 5.82 Å². The van der Waals surface area contributed by atoms with Crippen LogP contribution in [0.25, 0.3) is 0 Å². The van der Waals surface area contributed by atoms with Crippen LogP contribution < -0.4 is 5.32 Å². The highest BCUT2D eigenvalue weighted by Gasteiger charge is 2.27. The van der Waals surface area contributed by atoms with Crippen LogP contribution in [0.5, 0.6) is 0 Å². The van der Waals surface area contributed by atoms with E-state index in [-0.39, 0.29) is 0 Å². The second kappa shape index (κ2) is 3.56. The van der Waals surface area contributed by atoms with Gasteiger partial charge in [-0.25, -0.2) is 9.97 Å². The predicted molar refractivity (Wildman–Crippen MR) is 58.7 cm³/mol. The van der Waals surface area contributed by atoms with Crippen LogP contribution in [0.2, 0.25) is 0 Å². The lowest BCUT2D eigenvalue weighted by Gasteiger charge is -2.10. The molecule has 3 heteroatoms. The van der Waals surface area contributed by atoms with Crippen molar-refractivity contribution in [2.24, 2.45) is 0 Å². The quantitative estimate of drug-likeness (QED) is 0.799. The van der Waals surface area contributed by atoms with E-state index < -0.39 is 0 Å². The second-order valence-corrected chi connectivity index (χ2v) is 4.72. The first-order valence-electron chi connectivity index (χ1n) is 5.92. The summed E-state index contributed by atoms with van der Waals surface area (Å²) >= 11 is 0. The van der Waals surface area contributed by atoms with Gasteiger partial charge >= 0.3 is 0 Å². The molecule has 1 N–H and O–H groups in total. The highest BCUT2D eigenvalue weighted by Crippen LogP contribution is 2.39. The minimum Gasteiger partial charge on any atom is -0.307 e. The number of hydrogen-bond acceptors (Lipinski definition) is 3. The molecule has 3 nitrogen and oxygen atoms in total. The molecule has 1 aliphatic heterocycles. The first kappa shape index (κ1) is 9.28. The fourth-order valence-electron chi connectivity index (χ4n) is 2.27. The van der Waals surface area contributed by atoms with Gasteiger partial charge < -0.3 is 5.32 Å². The third kappa shape index (κ3) is 1.88. The number of aryl methyl sites for hydroxylation is 1. The number of hydrogen-bond donors (Lipinski definition) is 1. The van der Waals surface area contributed by atoms with Gasteiger partial charge in [0, 0.05) is 17.3 Å². The molecule has 1 aliphatic carbocycles. The highest BCUT2D eigenvalue weighted by molar-refractivity contribution is 5.19. The third-order valence-electron chi connectivity index (χ3n) is 3.26. The van der Waals surface area contributed by atoms with Crippen LogP contribution in [-0.2, 0) is 0 Å². The number of aromatic nitrogens is 2. The Morgan fingerprint density at radius 1 is 1.27 bits per heavy atom. The maximum Gasteiger partial charge on any atom is 0.145 e. The van der Waals surface area contributed by atoms with Crippen molar-refractivity contribution in [3.63, 3.8) is 0 Å². The molecule has 1 aromatic heterocycles. The zero-order valence-corrected chi connectivity index (χ0v) is 9.16. The summed E-state index contributed by atoms with van der Waals surface area (Å²) in [5.74, 6) is 1.75. The summed E-state index contributed by atoms with van der Waals surface area (Å²) in [4.78, 5) is 9.26. The Morgan fingerprint density at radius 2 is 2.13 bits per heavy atom. The van der Waals surface area contributed by atoms with E-state index in [4.69, 9.17) is 4.98 Å². The Bertz CT molecular complexity index is 365. The standard InChI is InChI=1S/C12H17N3/c1-8-7-11(9-4-5-9)15-12(14-8)10-3-2-6-13-10/h7,9-10,13H,2-6H2,1H3. The first-order valence-corrected chi connectivity index (χ1v) is 5.92. The summed E-state index contributed by atoms with van der Waals surface area (Å²) < 4.78 is 0. The van der Waals surface area contributed by atoms with Gasteiger partial charge in [-0.1, -0.05) is 0 Å². The Labute approximate surface area is 90.3 Å². The SMILES string of the molecule is Cc1cc(C2CC2)nc(C2CCCN2)n1. The van der Waals surface area contributed by atoms with Crippen LogP contribution in [0.1, 0.15) is 54.9 Å². The van der Waals surface area contributed by atoms with Crippen molar-refractivity contribution in [1.82, 2.24) is 15.3 Å². The van der Waals surface area contributed by atoms with Crippen molar-refractivity contribution >= 4 is 0 Å². The summed E-state index contributed by atoms with van der Waals surface area (Å²) in [6.45, 7) is 3.19. The summed E-state index contributed by atoms with van der Waals surface area (Å²) in [5.41, 5.74) is 2.39. The van der Waals surface area contributed by atoms with Gasteiger partial charge in [0.05, 0.1) is 6.04 Å². The summed E-state index contributed by atoms with van der Waals surface area (Å²) in [6, 6.07) is 2.55. The number of nitrogens with one attached hydrogen (secondary N) is 1. The molecular weight excluding hydrogens is 186 g/mol.